The van der Waals surface area contributed by atoms with Crippen molar-refractivity contribution >= 4 is 43.6 Å². The van der Waals surface area contributed by atoms with Crippen molar-refractivity contribution < 1.29 is 0 Å². The van der Waals surface area contributed by atoms with E-state index in [4.69, 9.17) is 0 Å². The van der Waals surface area contributed by atoms with Gasteiger partial charge in [0.1, 0.15) is 0 Å². The maximum absolute atomic E-state index is 13.2. The van der Waals surface area contributed by atoms with Crippen molar-refractivity contribution in [2.24, 2.45) is 14.1 Å². The fraction of sp³-hybridized carbons (Fsp3) is 0.231. The van der Waals surface area contributed by atoms with Gasteiger partial charge in [0.05, 0.1) is 22.1 Å². The molecule has 0 N–H and O–H groups in total. The van der Waals surface area contributed by atoms with Crippen LogP contribution in [0.3, 0.4) is 0 Å². The minimum absolute atomic E-state index is 0.00166. The summed E-state index contributed by atoms with van der Waals surface area (Å²) in [7, 11) is 3.90. The molecule has 152 valence electrons. The van der Waals surface area contributed by atoms with Gasteiger partial charge in [0.15, 0.2) is 10.9 Å². The van der Waals surface area contributed by atoms with Crippen LogP contribution in [0.5, 0.6) is 0 Å². The monoisotopic (exact) mass is 398 g/mol. The van der Waals surface area contributed by atoms with E-state index in [9.17, 15) is 9.59 Å². The first kappa shape index (κ1) is 19.9. The molecule has 30 heavy (non-hydrogen) atoms. The van der Waals surface area contributed by atoms with Crippen molar-refractivity contribution in [3.05, 3.63) is 80.1 Å². The second-order valence-corrected chi connectivity index (χ2v) is 7.70. The van der Waals surface area contributed by atoms with Gasteiger partial charge in [-0.05, 0) is 61.4 Å². The van der Waals surface area contributed by atoms with Gasteiger partial charge in [0, 0.05) is 35.6 Å². The highest BCUT2D eigenvalue weighted by molar-refractivity contribution is 6.03. The van der Waals surface area contributed by atoms with Crippen LogP contribution in [-0.4, -0.2) is 9.13 Å². The molecule has 0 aliphatic carbocycles. The third-order valence-electron chi connectivity index (χ3n) is 5.84. The number of rotatable bonds is 0. The van der Waals surface area contributed by atoms with Crippen molar-refractivity contribution in [2.45, 2.75) is 27.7 Å². The largest absolute Gasteiger partial charge is 0.343 e. The molecule has 0 bridgehead atoms. The van der Waals surface area contributed by atoms with Gasteiger partial charge < -0.3 is 9.13 Å². The number of fused-ring (bicyclic) bond motifs is 4. The smallest absolute Gasteiger partial charge is 0.197 e. The first-order chi connectivity index (χ1) is 14.4. The second-order valence-electron chi connectivity index (χ2n) is 7.70. The van der Waals surface area contributed by atoms with Gasteiger partial charge in [-0.1, -0.05) is 26.0 Å². The summed E-state index contributed by atoms with van der Waals surface area (Å²) in [6.45, 7) is 8.02. The van der Waals surface area contributed by atoms with E-state index in [0.717, 1.165) is 33.2 Å². The zero-order chi connectivity index (χ0) is 21.7. The predicted octanol–water partition coefficient (Wildman–Crippen LogP) is 5.34. The number of pyridine rings is 2. The second kappa shape index (κ2) is 7.13. The molecule has 0 saturated heterocycles. The Morgan fingerprint density at radius 1 is 0.533 bits per heavy atom. The van der Waals surface area contributed by atoms with Crippen LogP contribution in [-0.2, 0) is 14.1 Å². The van der Waals surface area contributed by atoms with E-state index in [1.165, 1.54) is 0 Å². The Morgan fingerprint density at radius 3 is 1.23 bits per heavy atom. The average molecular weight is 399 g/mol. The Morgan fingerprint density at radius 2 is 0.867 bits per heavy atom. The van der Waals surface area contributed by atoms with Gasteiger partial charge in [-0.2, -0.15) is 0 Å². The zero-order valence-corrected chi connectivity index (χ0v) is 18.3. The molecule has 0 atom stereocenters. The van der Waals surface area contributed by atoms with Crippen molar-refractivity contribution in [2.75, 3.05) is 0 Å². The molecule has 2 aromatic heterocycles. The number of aromatic nitrogens is 2. The number of nitrogens with zero attached hydrogens (tertiary/aromatic N) is 2. The normalized spacial score (nSPS) is 11.3. The van der Waals surface area contributed by atoms with Crippen molar-refractivity contribution in [1.29, 1.82) is 0 Å². The lowest BCUT2D eigenvalue weighted by atomic mass is 10.0. The summed E-state index contributed by atoms with van der Waals surface area (Å²) in [5.74, 6) is 0. The predicted molar refractivity (Wildman–Crippen MR) is 128 cm³/mol. The third kappa shape index (κ3) is 2.75. The molecule has 0 aliphatic rings. The molecule has 0 amide bonds. The fourth-order valence-electron chi connectivity index (χ4n) is 4.27. The van der Waals surface area contributed by atoms with Crippen molar-refractivity contribution in [3.8, 4) is 0 Å². The Labute approximate surface area is 175 Å². The summed E-state index contributed by atoms with van der Waals surface area (Å²) in [5.41, 5.74) is 5.51. The lowest BCUT2D eigenvalue weighted by Gasteiger charge is -2.15. The van der Waals surface area contributed by atoms with Crippen LogP contribution in [0.2, 0.25) is 0 Å². The van der Waals surface area contributed by atoms with Crippen LogP contribution in [0.4, 0.5) is 0 Å². The molecule has 5 aromatic rings. The highest BCUT2D eigenvalue weighted by atomic mass is 16.1. The van der Waals surface area contributed by atoms with Gasteiger partial charge >= 0.3 is 0 Å². The lowest BCUT2D eigenvalue weighted by molar-refractivity contribution is 0.992. The Kier molecular flexibility index (Phi) is 4.73. The Bertz CT molecular complexity index is 1470. The molecule has 0 spiro atoms. The van der Waals surface area contributed by atoms with Crippen LogP contribution in [0.15, 0.2) is 58.1 Å². The minimum Gasteiger partial charge on any atom is -0.343 e. The third-order valence-corrected chi connectivity index (χ3v) is 5.84. The molecular formula is C26H26N2O2. The molecule has 5 rings (SSSR count). The molecule has 0 saturated carbocycles. The first-order valence-electron chi connectivity index (χ1n) is 10.3. The summed E-state index contributed by atoms with van der Waals surface area (Å²) in [6, 6.07) is 15.5. The summed E-state index contributed by atoms with van der Waals surface area (Å²) in [5, 5.41) is 2.66. The van der Waals surface area contributed by atoms with Crippen LogP contribution in [0.1, 0.15) is 25.0 Å². The van der Waals surface area contributed by atoms with E-state index in [1.807, 2.05) is 99.5 Å². The van der Waals surface area contributed by atoms with Crippen molar-refractivity contribution in [3.63, 3.8) is 0 Å². The van der Waals surface area contributed by atoms with E-state index in [0.29, 0.717) is 21.5 Å². The molecule has 2 heterocycles. The van der Waals surface area contributed by atoms with Gasteiger partial charge in [0.2, 0.25) is 0 Å². The molecule has 0 radical (unpaired) electrons. The summed E-state index contributed by atoms with van der Waals surface area (Å²) in [4.78, 5) is 26.4. The highest BCUT2D eigenvalue weighted by Gasteiger charge is 2.14. The van der Waals surface area contributed by atoms with Gasteiger partial charge in [0.25, 0.3) is 0 Å². The number of aryl methyl sites for hydroxylation is 4. The highest BCUT2D eigenvalue weighted by Crippen LogP contribution is 2.25. The first-order valence-corrected chi connectivity index (χ1v) is 10.3. The van der Waals surface area contributed by atoms with Gasteiger partial charge in [-0.3, -0.25) is 9.59 Å². The molecule has 0 aliphatic heterocycles. The number of benzene rings is 3. The van der Waals surface area contributed by atoms with Crippen molar-refractivity contribution in [1.82, 2.24) is 9.13 Å². The van der Waals surface area contributed by atoms with Crippen LogP contribution in [0, 0.1) is 13.8 Å². The zero-order valence-electron chi connectivity index (χ0n) is 18.3. The summed E-state index contributed by atoms with van der Waals surface area (Å²) < 4.78 is 4.02. The summed E-state index contributed by atoms with van der Waals surface area (Å²) >= 11 is 0. The Balaban J connectivity index is 0.00000106. The van der Waals surface area contributed by atoms with E-state index >= 15 is 0 Å². The van der Waals surface area contributed by atoms with E-state index < -0.39 is 0 Å². The molecule has 0 unspecified atom stereocenters. The SMILES string of the molecule is CC.Cc1ccc2c(=O)c3cc4c(cc3n(C)c2c1)c(=O)c1ccc(C)cc1n4C. The van der Waals surface area contributed by atoms with Gasteiger partial charge in [-0.25, -0.2) is 0 Å². The Hall–Kier alpha value is -3.40. The maximum Gasteiger partial charge on any atom is 0.197 e. The topological polar surface area (TPSA) is 44.0 Å². The lowest BCUT2D eigenvalue weighted by Crippen LogP contribution is -2.13. The van der Waals surface area contributed by atoms with Crippen LogP contribution >= 0.6 is 0 Å². The maximum atomic E-state index is 13.2. The van der Waals surface area contributed by atoms with Crippen LogP contribution in [0.25, 0.3) is 43.6 Å². The van der Waals surface area contributed by atoms with E-state index in [-0.39, 0.29) is 10.9 Å². The molecular weight excluding hydrogens is 372 g/mol. The fourth-order valence-corrected chi connectivity index (χ4v) is 4.27. The summed E-state index contributed by atoms with van der Waals surface area (Å²) in [6.07, 6.45) is 0. The van der Waals surface area contributed by atoms with Gasteiger partial charge in [-0.15, -0.1) is 0 Å². The van der Waals surface area contributed by atoms with Crippen LogP contribution < -0.4 is 10.9 Å². The molecule has 0 fully saturated rings. The molecule has 4 heteroatoms. The molecule has 4 nitrogen and oxygen atoms in total. The van der Waals surface area contributed by atoms with E-state index in [1.54, 1.807) is 0 Å². The molecule has 3 aromatic carbocycles. The quantitative estimate of drug-likeness (QED) is 0.331. The average Bonchev–Trinajstić information content (AvgIpc) is 2.76. The number of hydrogen-bond donors (Lipinski definition) is 0. The minimum atomic E-state index is 0.00166. The van der Waals surface area contributed by atoms with E-state index in [2.05, 4.69) is 0 Å². The standard InChI is InChI=1S/C24H20N2O2.C2H6/c1-13-5-7-15-19(9-13)25(3)21-11-18-22(12-17(21)23(15)27)26(4)20-10-14(2)6-8-16(20)24(18)28;1-2/h5-12H,1-4H3;1-2H3. The number of hydrogen-bond acceptors (Lipinski definition) is 2.